The maximum atomic E-state index is 12.1. The number of rotatable bonds is 5. The Kier molecular flexibility index (Phi) is 5.69. The van der Waals surface area contributed by atoms with Crippen molar-refractivity contribution in [1.82, 2.24) is 0 Å². The van der Waals surface area contributed by atoms with E-state index in [0.29, 0.717) is 17.0 Å². The smallest absolute Gasteiger partial charge is 0.230 e. The molecule has 1 aliphatic rings. The van der Waals surface area contributed by atoms with Gasteiger partial charge in [-0.15, -0.1) is 11.3 Å². The SMILES string of the molecule is Cc1ccccc1N1CC[NH+](CCC(=O)Nc2sccc2C#N)CC1. The van der Waals surface area contributed by atoms with E-state index in [-0.39, 0.29) is 5.91 Å². The number of nitrogens with one attached hydrogen (secondary N) is 2. The molecule has 25 heavy (non-hydrogen) atoms. The number of hydrogen-bond acceptors (Lipinski definition) is 4. The van der Waals surface area contributed by atoms with Crippen LogP contribution in [-0.4, -0.2) is 38.6 Å². The Balaban J connectivity index is 1.44. The number of anilines is 2. The summed E-state index contributed by atoms with van der Waals surface area (Å²) in [5.41, 5.74) is 3.17. The molecule has 2 aromatic rings. The Morgan fingerprint density at radius 1 is 1.32 bits per heavy atom. The van der Waals surface area contributed by atoms with E-state index in [9.17, 15) is 4.79 Å². The summed E-state index contributed by atoms with van der Waals surface area (Å²) in [4.78, 5) is 16.0. The van der Waals surface area contributed by atoms with Crippen LogP contribution >= 0.6 is 11.3 Å². The van der Waals surface area contributed by atoms with Crippen LogP contribution in [0.2, 0.25) is 0 Å². The Morgan fingerprint density at radius 2 is 2.08 bits per heavy atom. The minimum Gasteiger partial charge on any atom is -0.360 e. The quantitative estimate of drug-likeness (QED) is 0.858. The first-order chi connectivity index (χ1) is 12.2. The minimum absolute atomic E-state index is 0.00668. The van der Waals surface area contributed by atoms with Crippen LogP contribution in [0.4, 0.5) is 10.7 Å². The summed E-state index contributed by atoms with van der Waals surface area (Å²) in [7, 11) is 0. The van der Waals surface area contributed by atoms with Gasteiger partial charge in [0, 0.05) is 5.69 Å². The van der Waals surface area contributed by atoms with Gasteiger partial charge < -0.3 is 15.1 Å². The molecule has 1 aromatic carbocycles. The third kappa shape index (κ3) is 4.38. The van der Waals surface area contributed by atoms with Crippen molar-refractivity contribution in [1.29, 1.82) is 5.26 Å². The van der Waals surface area contributed by atoms with Crippen molar-refractivity contribution in [2.45, 2.75) is 13.3 Å². The fourth-order valence-electron chi connectivity index (χ4n) is 3.21. The highest BCUT2D eigenvalue weighted by atomic mass is 32.1. The molecule has 2 N–H and O–H groups in total. The molecule has 3 rings (SSSR count). The number of piperazine rings is 1. The minimum atomic E-state index is -0.00668. The zero-order chi connectivity index (χ0) is 17.6. The molecular weight excluding hydrogens is 332 g/mol. The molecule has 0 atom stereocenters. The van der Waals surface area contributed by atoms with Gasteiger partial charge in [-0.1, -0.05) is 18.2 Å². The molecule has 0 bridgehead atoms. The number of quaternary nitrogens is 1. The summed E-state index contributed by atoms with van der Waals surface area (Å²) in [6.07, 6.45) is 0.489. The van der Waals surface area contributed by atoms with Crippen LogP contribution in [0.5, 0.6) is 0 Å². The first-order valence-electron chi connectivity index (χ1n) is 8.59. The maximum Gasteiger partial charge on any atom is 0.230 e. The second kappa shape index (κ2) is 8.15. The van der Waals surface area contributed by atoms with Crippen LogP contribution in [0.15, 0.2) is 35.7 Å². The van der Waals surface area contributed by atoms with Gasteiger partial charge in [0.05, 0.1) is 44.7 Å². The van der Waals surface area contributed by atoms with Crippen molar-refractivity contribution < 1.29 is 9.69 Å². The van der Waals surface area contributed by atoms with Gasteiger partial charge in [-0.2, -0.15) is 5.26 Å². The van der Waals surface area contributed by atoms with Crippen molar-refractivity contribution in [3.05, 3.63) is 46.8 Å². The number of para-hydroxylation sites is 1. The topological polar surface area (TPSA) is 60.6 Å². The summed E-state index contributed by atoms with van der Waals surface area (Å²) < 4.78 is 0. The number of carbonyl (C=O) groups excluding carboxylic acids is 1. The van der Waals surface area contributed by atoms with Crippen molar-refractivity contribution in [3.63, 3.8) is 0 Å². The number of amides is 1. The van der Waals surface area contributed by atoms with Gasteiger partial charge in [-0.05, 0) is 30.0 Å². The second-order valence-corrected chi connectivity index (χ2v) is 7.26. The molecule has 1 aliphatic heterocycles. The Bertz CT molecular complexity index is 772. The molecule has 0 aliphatic carbocycles. The third-order valence-electron chi connectivity index (χ3n) is 4.67. The molecule has 1 aromatic heterocycles. The molecule has 1 amide bonds. The van der Waals surface area contributed by atoms with Gasteiger partial charge in [0.1, 0.15) is 11.1 Å². The normalized spacial score (nSPS) is 15.0. The van der Waals surface area contributed by atoms with E-state index < -0.39 is 0 Å². The monoisotopic (exact) mass is 355 g/mol. The van der Waals surface area contributed by atoms with Crippen molar-refractivity contribution in [2.24, 2.45) is 0 Å². The average Bonchev–Trinajstić information content (AvgIpc) is 3.08. The van der Waals surface area contributed by atoms with Crippen molar-refractivity contribution >= 4 is 27.9 Å². The fourth-order valence-corrected chi connectivity index (χ4v) is 3.96. The highest BCUT2D eigenvalue weighted by Gasteiger charge is 2.21. The molecule has 1 fully saturated rings. The van der Waals surface area contributed by atoms with E-state index in [1.807, 2.05) is 5.38 Å². The molecule has 0 radical (unpaired) electrons. The lowest BCUT2D eigenvalue weighted by Gasteiger charge is -2.34. The first-order valence-corrected chi connectivity index (χ1v) is 9.47. The molecule has 130 valence electrons. The van der Waals surface area contributed by atoms with Gasteiger partial charge in [0.15, 0.2) is 0 Å². The molecular formula is C19H23N4OS+. The fraction of sp³-hybridized carbons (Fsp3) is 0.368. The number of aryl methyl sites for hydroxylation is 1. The van der Waals surface area contributed by atoms with Gasteiger partial charge in [-0.25, -0.2) is 0 Å². The van der Waals surface area contributed by atoms with E-state index in [1.165, 1.54) is 27.5 Å². The summed E-state index contributed by atoms with van der Waals surface area (Å²) in [6.45, 7) is 7.12. The van der Waals surface area contributed by atoms with Crippen LogP contribution in [0.25, 0.3) is 0 Å². The van der Waals surface area contributed by atoms with Crippen molar-refractivity contribution in [3.8, 4) is 6.07 Å². The molecule has 1 saturated heterocycles. The van der Waals surface area contributed by atoms with Gasteiger partial charge in [0.2, 0.25) is 5.91 Å². The third-order valence-corrected chi connectivity index (χ3v) is 5.50. The Hall–Kier alpha value is -2.36. The zero-order valence-electron chi connectivity index (χ0n) is 14.4. The van der Waals surface area contributed by atoms with Gasteiger partial charge >= 0.3 is 0 Å². The van der Waals surface area contributed by atoms with Crippen LogP contribution in [-0.2, 0) is 4.79 Å². The van der Waals surface area contributed by atoms with E-state index in [4.69, 9.17) is 5.26 Å². The Morgan fingerprint density at radius 3 is 2.80 bits per heavy atom. The number of thiophene rings is 1. The number of nitrogens with zero attached hydrogens (tertiary/aromatic N) is 2. The summed E-state index contributed by atoms with van der Waals surface area (Å²) in [5, 5.41) is 14.3. The Labute approximate surface area is 152 Å². The highest BCUT2D eigenvalue weighted by Crippen LogP contribution is 2.22. The van der Waals surface area contributed by atoms with Crippen molar-refractivity contribution in [2.75, 3.05) is 42.9 Å². The van der Waals surface area contributed by atoms with Crippen LogP contribution in [0, 0.1) is 18.3 Å². The van der Waals surface area contributed by atoms with Crippen LogP contribution < -0.4 is 15.1 Å². The van der Waals surface area contributed by atoms with E-state index in [0.717, 1.165) is 32.7 Å². The lowest BCUT2D eigenvalue weighted by atomic mass is 10.1. The highest BCUT2D eigenvalue weighted by molar-refractivity contribution is 7.14. The largest absolute Gasteiger partial charge is 0.360 e. The summed E-state index contributed by atoms with van der Waals surface area (Å²) in [5.74, 6) is -0.00668. The molecule has 0 unspecified atom stereocenters. The summed E-state index contributed by atoms with van der Waals surface area (Å²) >= 11 is 1.40. The molecule has 2 heterocycles. The molecule has 5 nitrogen and oxygen atoms in total. The molecule has 6 heteroatoms. The number of nitriles is 1. The number of carbonyl (C=O) groups is 1. The van der Waals surface area contributed by atoms with Gasteiger partial charge in [-0.3, -0.25) is 4.79 Å². The van der Waals surface area contributed by atoms with E-state index in [2.05, 4.69) is 47.5 Å². The number of hydrogen-bond donors (Lipinski definition) is 2. The number of benzene rings is 1. The van der Waals surface area contributed by atoms with Crippen LogP contribution in [0.1, 0.15) is 17.5 Å². The van der Waals surface area contributed by atoms with Crippen LogP contribution in [0.3, 0.4) is 0 Å². The molecule has 0 saturated carbocycles. The first kappa shape index (κ1) is 17.5. The predicted molar refractivity (Wildman–Crippen MR) is 101 cm³/mol. The lowest BCUT2D eigenvalue weighted by molar-refractivity contribution is -0.900. The predicted octanol–water partition coefficient (Wildman–Crippen LogP) is 1.66. The van der Waals surface area contributed by atoms with E-state index in [1.54, 1.807) is 6.07 Å². The summed E-state index contributed by atoms with van der Waals surface area (Å²) in [6, 6.07) is 12.3. The maximum absolute atomic E-state index is 12.1. The van der Waals surface area contributed by atoms with Gasteiger partial charge in [0.25, 0.3) is 0 Å². The van der Waals surface area contributed by atoms with E-state index >= 15 is 0 Å². The molecule has 0 spiro atoms. The second-order valence-electron chi connectivity index (χ2n) is 6.35. The standard InChI is InChI=1S/C19H22N4OS/c1-15-4-2-3-5-17(15)23-11-9-22(10-12-23)8-6-18(24)21-19-16(14-20)7-13-25-19/h2-5,7,13H,6,8-12H2,1H3,(H,21,24)/p+1. The zero-order valence-corrected chi connectivity index (χ0v) is 15.2. The average molecular weight is 355 g/mol. The lowest BCUT2D eigenvalue weighted by Crippen LogP contribution is -3.15.